The minimum Gasteiger partial charge on any atom is -0.385 e. The lowest BCUT2D eigenvalue weighted by atomic mass is 10.0. The predicted octanol–water partition coefficient (Wildman–Crippen LogP) is 5.35. The van der Waals surface area contributed by atoms with Crippen LogP contribution in [0.3, 0.4) is 0 Å². The lowest BCUT2D eigenvalue weighted by Gasteiger charge is -2.30. The largest absolute Gasteiger partial charge is 0.385 e. The highest BCUT2D eigenvalue weighted by molar-refractivity contribution is 5.94. The Hall–Kier alpha value is -2.20. The number of aryl methyl sites for hydroxylation is 2. The second-order valence-electron chi connectivity index (χ2n) is 6.76. The average molecular weight is 357 g/mol. The number of benzene rings is 2. The lowest BCUT2D eigenvalue weighted by molar-refractivity contribution is -0.119. The number of methoxy groups -OCH3 is 1. The highest BCUT2D eigenvalue weighted by Gasteiger charge is 2.25. The van der Waals surface area contributed by atoms with Gasteiger partial charge in [0.15, 0.2) is 0 Å². The summed E-state index contributed by atoms with van der Waals surface area (Å²) in [6.45, 7) is 6.49. The van der Waals surface area contributed by atoms with Crippen LogP contribution in [-0.4, -0.2) is 19.6 Å². The van der Waals surface area contributed by atoms with Crippen molar-refractivity contribution in [2.24, 2.45) is 0 Å². The van der Waals surface area contributed by atoms with Crippen LogP contribution in [0.1, 0.15) is 48.9 Å². The number of hydrogen-bond donors (Lipinski definition) is 0. The molecule has 3 nitrogen and oxygen atoms in total. The van der Waals surface area contributed by atoms with Crippen LogP contribution in [0.2, 0.25) is 0 Å². The predicted molar refractivity (Wildman–Crippen MR) is 104 cm³/mol. The van der Waals surface area contributed by atoms with Crippen molar-refractivity contribution in [2.75, 3.05) is 18.6 Å². The zero-order chi connectivity index (χ0) is 19.1. The van der Waals surface area contributed by atoms with Crippen molar-refractivity contribution in [3.8, 4) is 0 Å². The molecule has 0 aliphatic carbocycles. The zero-order valence-corrected chi connectivity index (χ0v) is 16.1. The molecule has 0 heterocycles. The van der Waals surface area contributed by atoms with Crippen LogP contribution in [0.25, 0.3) is 0 Å². The molecule has 0 aliphatic heterocycles. The van der Waals surface area contributed by atoms with Crippen molar-refractivity contribution in [3.05, 3.63) is 65.0 Å². The number of rotatable bonds is 8. The molecule has 0 spiro atoms. The van der Waals surface area contributed by atoms with Crippen LogP contribution in [0.4, 0.5) is 10.1 Å². The molecule has 2 rings (SSSR count). The first-order chi connectivity index (χ1) is 12.4. The Balaban J connectivity index is 2.32. The molecule has 1 atom stereocenters. The highest BCUT2D eigenvalue weighted by Crippen LogP contribution is 2.31. The van der Waals surface area contributed by atoms with Crippen molar-refractivity contribution in [1.82, 2.24) is 0 Å². The van der Waals surface area contributed by atoms with Gasteiger partial charge in [-0.2, -0.15) is 0 Å². The topological polar surface area (TPSA) is 29.5 Å². The van der Waals surface area contributed by atoms with Crippen LogP contribution in [0.15, 0.2) is 42.5 Å². The second-order valence-corrected chi connectivity index (χ2v) is 6.76. The molecule has 0 aromatic heterocycles. The molecule has 140 valence electrons. The second kappa shape index (κ2) is 9.48. The van der Waals surface area contributed by atoms with Gasteiger partial charge in [-0.3, -0.25) is 4.79 Å². The first-order valence-electron chi connectivity index (χ1n) is 9.07. The van der Waals surface area contributed by atoms with E-state index in [0.29, 0.717) is 18.7 Å². The summed E-state index contributed by atoms with van der Waals surface area (Å²) >= 11 is 0. The van der Waals surface area contributed by atoms with E-state index in [9.17, 15) is 9.18 Å². The van der Waals surface area contributed by atoms with Crippen molar-refractivity contribution in [2.45, 2.75) is 46.1 Å². The number of hydrogen-bond acceptors (Lipinski definition) is 2. The Morgan fingerprint density at radius 1 is 1.08 bits per heavy atom. The molecule has 2 aromatic rings. The first kappa shape index (κ1) is 20.1. The molecule has 0 bridgehead atoms. The molecule has 1 amide bonds. The standard InChI is InChI=1S/C22H28FNO2/c1-16-8-11-19(12-9-16)18(3)24(22(25)7-5-6-14-26-4)21-15-17(2)10-13-20(21)23/h8-13,15,18H,5-7,14H2,1-4H3/t18-/m1/s1. The van der Waals surface area contributed by atoms with E-state index in [1.165, 1.54) is 6.07 Å². The third-order valence-corrected chi connectivity index (χ3v) is 4.57. The number of ether oxygens (including phenoxy) is 1. The van der Waals surface area contributed by atoms with Crippen molar-refractivity contribution < 1.29 is 13.9 Å². The molecular formula is C22H28FNO2. The van der Waals surface area contributed by atoms with Gasteiger partial charge >= 0.3 is 0 Å². The van der Waals surface area contributed by atoms with E-state index < -0.39 is 0 Å². The summed E-state index contributed by atoms with van der Waals surface area (Å²) < 4.78 is 19.6. The van der Waals surface area contributed by atoms with Crippen LogP contribution >= 0.6 is 0 Å². The number of unbranched alkanes of at least 4 members (excludes halogenated alkanes) is 1. The van der Waals surface area contributed by atoms with Gasteiger partial charge in [0.2, 0.25) is 5.91 Å². The smallest absolute Gasteiger partial charge is 0.227 e. The van der Waals surface area contributed by atoms with Crippen LogP contribution < -0.4 is 4.90 Å². The highest BCUT2D eigenvalue weighted by atomic mass is 19.1. The zero-order valence-electron chi connectivity index (χ0n) is 16.1. The third-order valence-electron chi connectivity index (χ3n) is 4.57. The molecule has 0 saturated carbocycles. The number of nitrogens with zero attached hydrogens (tertiary/aromatic N) is 1. The summed E-state index contributed by atoms with van der Waals surface area (Å²) in [5, 5.41) is 0. The van der Waals surface area contributed by atoms with Gasteiger partial charge in [0.25, 0.3) is 0 Å². The van der Waals surface area contributed by atoms with Crippen LogP contribution in [0.5, 0.6) is 0 Å². The molecule has 26 heavy (non-hydrogen) atoms. The summed E-state index contributed by atoms with van der Waals surface area (Å²) in [6, 6.07) is 12.7. The number of carbonyl (C=O) groups excluding carboxylic acids is 1. The molecule has 2 aromatic carbocycles. The molecule has 0 aliphatic rings. The molecule has 0 saturated heterocycles. The van der Waals surface area contributed by atoms with Gasteiger partial charge in [-0.1, -0.05) is 35.9 Å². The van der Waals surface area contributed by atoms with Crippen molar-refractivity contribution >= 4 is 11.6 Å². The Labute approximate surface area is 155 Å². The quantitative estimate of drug-likeness (QED) is 0.596. The summed E-state index contributed by atoms with van der Waals surface area (Å²) in [6.07, 6.45) is 1.90. The van der Waals surface area contributed by atoms with Gasteiger partial charge in [0, 0.05) is 20.1 Å². The van der Waals surface area contributed by atoms with Gasteiger partial charge in [0.05, 0.1) is 11.7 Å². The SMILES string of the molecule is COCCCCC(=O)N(c1cc(C)ccc1F)[C@H](C)c1ccc(C)cc1. The van der Waals surface area contributed by atoms with E-state index in [-0.39, 0.29) is 17.8 Å². The number of carbonyl (C=O) groups is 1. The summed E-state index contributed by atoms with van der Waals surface area (Å²) in [7, 11) is 1.65. The Morgan fingerprint density at radius 2 is 1.73 bits per heavy atom. The Bertz CT molecular complexity index is 727. The first-order valence-corrected chi connectivity index (χ1v) is 9.07. The maximum atomic E-state index is 14.5. The van der Waals surface area contributed by atoms with Crippen molar-refractivity contribution in [1.29, 1.82) is 0 Å². The van der Waals surface area contributed by atoms with Gasteiger partial charge in [0.1, 0.15) is 5.82 Å². The third kappa shape index (κ3) is 5.15. The van der Waals surface area contributed by atoms with E-state index >= 15 is 0 Å². The Morgan fingerprint density at radius 3 is 2.38 bits per heavy atom. The maximum Gasteiger partial charge on any atom is 0.227 e. The molecule has 0 N–H and O–H groups in total. The van der Waals surface area contributed by atoms with Gasteiger partial charge < -0.3 is 9.64 Å². The van der Waals surface area contributed by atoms with Crippen LogP contribution in [0, 0.1) is 19.7 Å². The van der Waals surface area contributed by atoms with E-state index in [1.807, 2.05) is 45.0 Å². The summed E-state index contributed by atoms with van der Waals surface area (Å²) in [4.78, 5) is 14.6. The summed E-state index contributed by atoms with van der Waals surface area (Å²) in [5.74, 6) is -0.446. The van der Waals surface area contributed by atoms with Gasteiger partial charge in [-0.05, 0) is 56.9 Å². The molecule has 0 fully saturated rings. The maximum absolute atomic E-state index is 14.5. The fourth-order valence-corrected chi connectivity index (χ4v) is 3.00. The normalized spacial score (nSPS) is 12.0. The summed E-state index contributed by atoms with van der Waals surface area (Å²) in [5.41, 5.74) is 3.41. The van der Waals surface area contributed by atoms with E-state index in [0.717, 1.165) is 29.5 Å². The minimum atomic E-state index is -0.375. The monoisotopic (exact) mass is 357 g/mol. The van der Waals surface area contributed by atoms with E-state index in [2.05, 4.69) is 0 Å². The minimum absolute atomic E-state index is 0.0707. The number of halogens is 1. The Kier molecular flexibility index (Phi) is 7.34. The van der Waals surface area contributed by atoms with Gasteiger partial charge in [-0.15, -0.1) is 0 Å². The van der Waals surface area contributed by atoms with Crippen LogP contribution in [-0.2, 0) is 9.53 Å². The average Bonchev–Trinajstić information content (AvgIpc) is 2.62. The molecule has 4 heteroatoms. The molecular weight excluding hydrogens is 329 g/mol. The van der Waals surface area contributed by atoms with Crippen molar-refractivity contribution in [3.63, 3.8) is 0 Å². The fourth-order valence-electron chi connectivity index (χ4n) is 3.00. The van der Waals surface area contributed by atoms with E-state index in [1.54, 1.807) is 24.1 Å². The fraction of sp³-hybridized carbons (Fsp3) is 0.409. The lowest BCUT2D eigenvalue weighted by Crippen LogP contribution is -2.34. The molecule has 0 unspecified atom stereocenters. The number of anilines is 1. The van der Waals surface area contributed by atoms with Gasteiger partial charge in [-0.25, -0.2) is 4.39 Å². The molecule has 0 radical (unpaired) electrons. The van der Waals surface area contributed by atoms with E-state index in [4.69, 9.17) is 4.74 Å². The number of amides is 1.